The van der Waals surface area contributed by atoms with Crippen LogP contribution in [0.3, 0.4) is 0 Å². The Balaban J connectivity index is 1.96. The molecule has 0 amide bonds. The molecule has 88 valence electrons. The summed E-state index contributed by atoms with van der Waals surface area (Å²) in [5, 5.41) is 0. The smallest absolute Gasteiger partial charge is 0.0426 e. The summed E-state index contributed by atoms with van der Waals surface area (Å²) in [6.07, 6.45) is 7.57. The number of hydrogen-bond acceptors (Lipinski definition) is 3. The Morgan fingerprint density at radius 3 is 2.81 bits per heavy atom. The van der Waals surface area contributed by atoms with Crippen molar-refractivity contribution in [2.75, 3.05) is 24.5 Å². The first kappa shape index (κ1) is 11.4. The van der Waals surface area contributed by atoms with Gasteiger partial charge in [0.15, 0.2) is 0 Å². The highest BCUT2D eigenvalue weighted by molar-refractivity contribution is 5.51. The topological polar surface area (TPSA) is 42.2 Å². The Kier molecular flexibility index (Phi) is 3.78. The van der Waals surface area contributed by atoms with Crippen molar-refractivity contribution < 1.29 is 0 Å². The van der Waals surface area contributed by atoms with Gasteiger partial charge in [-0.1, -0.05) is 0 Å². The third kappa shape index (κ3) is 2.53. The maximum absolute atomic E-state index is 5.61. The van der Waals surface area contributed by atoms with Crippen molar-refractivity contribution in [3.05, 3.63) is 24.0 Å². The molecule has 2 rings (SSSR count). The number of aromatic nitrogens is 1. The van der Waals surface area contributed by atoms with Gasteiger partial charge in [0.05, 0.1) is 0 Å². The SMILES string of the molecule is Cc1cnccc1N1CCC(CCN)CC1. The molecule has 0 aromatic carbocycles. The molecule has 1 aliphatic rings. The van der Waals surface area contributed by atoms with Gasteiger partial charge in [0.25, 0.3) is 0 Å². The van der Waals surface area contributed by atoms with E-state index in [1.54, 1.807) is 0 Å². The summed E-state index contributed by atoms with van der Waals surface area (Å²) >= 11 is 0. The number of nitrogens with zero attached hydrogens (tertiary/aromatic N) is 2. The first-order valence-electron chi connectivity index (χ1n) is 6.17. The number of nitrogens with two attached hydrogens (primary N) is 1. The van der Waals surface area contributed by atoms with Gasteiger partial charge in [0.2, 0.25) is 0 Å². The van der Waals surface area contributed by atoms with E-state index in [-0.39, 0.29) is 0 Å². The van der Waals surface area contributed by atoms with E-state index >= 15 is 0 Å². The summed E-state index contributed by atoms with van der Waals surface area (Å²) in [6, 6.07) is 2.12. The van der Waals surface area contributed by atoms with E-state index in [0.29, 0.717) is 0 Å². The second kappa shape index (κ2) is 5.30. The summed E-state index contributed by atoms with van der Waals surface area (Å²) in [5.74, 6) is 0.836. The quantitative estimate of drug-likeness (QED) is 0.845. The molecule has 1 aromatic rings. The predicted octanol–water partition coefficient (Wildman–Crippen LogP) is 1.96. The largest absolute Gasteiger partial charge is 0.371 e. The molecule has 0 unspecified atom stereocenters. The number of pyridine rings is 1. The van der Waals surface area contributed by atoms with Crippen LogP contribution < -0.4 is 10.6 Å². The lowest BCUT2D eigenvalue weighted by molar-refractivity contribution is 0.386. The van der Waals surface area contributed by atoms with E-state index < -0.39 is 0 Å². The van der Waals surface area contributed by atoms with Crippen molar-refractivity contribution in [3.8, 4) is 0 Å². The zero-order chi connectivity index (χ0) is 11.4. The first-order chi connectivity index (χ1) is 7.81. The molecular formula is C13H21N3. The Morgan fingerprint density at radius 1 is 1.44 bits per heavy atom. The van der Waals surface area contributed by atoms with Crippen molar-refractivity contribution in [2.24, 2.45) is 11.7 Å². The lowest BCUT2D eigenvalue weighted by Crippen LogP contribution is -2.34. The second-order valence-electron chi connectivity index (χ2n) is 4.67. The minimum Gasteiger partial charge on any atom is -0.371 e. The second-order valence-corrected chi connectivity index (χ2v) is 4.67. The molecule has 0 radical (unpaired) electrons. The molecule has 16 heavy (non-hydrogen) atoms. The van der Waals surface area contributed by atoms with Gasteiger partial charge in [-0.3, -0.25) is 4.98 Å². The molecular weight excluding hydrogens is 198 g/mol. The molecule has 3 heteroatoms. The van der Waals surface area contributed by atoms with E-state index in [1.807, 2.05) is 12.4 Å². The van der Waals surface area contributed by atoms with E-state index in [1.165, 1.54) is 30.5 Å². The third-order valence-corrected chi connectivity index (χ3v) is 3.52. The average molecular weight is 219 g/mol. The average Bonchev–Trinajstić information content (AvgIpc) is 2.31. The van der Waals surface area contributed by atoms with Crippen LogP contribution in [0.2, 0.25) is 0 Å². The van der Waals surface area contributed by atoms with Crippen LogP contribution in [-0.2, 0) is 0 Å². The Labute approximate surface area is 97.7 Å². The Bertz CT molecular complexity index is 330. The fourth-order valence-corrected chi connectivity index (χ4v) is 2.52. The molecule has 0 aliphatic carbocycles. The summed E-state index contributed by atoms with van der Waals surface area (Å²) in [5.41, 5.74) is 8.23. The number of piperidine rings is 1. The maximum atomic E-state index is 5.61. The van der Waals surface area contributed by atoms with Gasteiger partial charge in [0, 0.05) is 31.2 Å². The zero-order valence-corrected chi connectivity index (χ0v) is 10.0. The molecule has 0 saturated carbocycles. The molecule has 0 bridgehead atoms. The van der Waals surface area contributed by atoms with Gasteiger partial charge >= 0.3 is 0 Å². The highest BCUT2D eigenvalue weighted by Crippen LogP contribution is 2.26. The number of anilines is 1. The lowest BCUT2D eigenvalue weighted by atomic mass is 9.93. The fourth-order valence-electron chi connectivity index (χ4n) is 2.52. The molecule has 2 N–H and O–H groups in total. The monoisotopic (exact) mass is 219 g/mol. The molecule has 0 atom stereocenters. The van der Waals surface area contributed by atoms with E-state index in [2.05, 4.69) is 22.9 Å². The molecule has 1 aromatic heterocycles. The van der Waals surface area contributed by atoms with Gasteiger partial charge in [-0.2, -0.15) is 0 Å². The van der Waals surface area contributed by atoms with Crippen LogP contribution in [0, 0.1) is 12.8 Å². The molecule has 2 heterocycles. The van der Waals surface area contributed by atoms with E-state index in [9.17, 15) is 0 Å². The first-order valence-corrected chi connectivity index (χ1v) is 6.17. The van der Waals surface area contributed by atoms with Crippen molar-refractivity contribution >= 4 is 5.69 Å². The van der Waals surface area contributed by atoms with Crippen LogP contribution in [0.4, 0.5) is 5.69 Å². The summed E-state index contributed by atoms with van der Waals surface area (Å²) in [6.45, 7) is 5.29. The Hall–Kier alpha value is -1.09. The van der Waals surface area contributed by atoms with Gasteiger partial charge in [0.1, 0.15) is 0 Å². The molecule has 3 nitrogen and oxygen atoms in total. The Morgan fingerprint density at radius 2 is 2.19 bits per heavy atom. The number of rotatable bonds is 3. The van der Waals surface area contributed by atoms with Crippen LogP contribution in [0.1, 0.15) is 24.8 Å². The van der Waals surface area contributed by atoms with Crippen molar-refractivity contribution in [2.45, 2.75) is 26.2 Å². The minimum atomic E-state index is 0.832. The van der Waals surface area contributed by atoms with Crippen LogP contribution in [0.5, 0.6) is 0 Å². The van der Waals surface area contributed by atoms with Crippen molar-refractivity contribution in [3.63, 3.8) is 0 Å². The third-order valence-electron chi connectivity index (χ3n) is 3.52. The number of aryl methyl sites for hydroxylation is 1. The van der Waals surface area contributed by atoms with Crippen LogP contribution in [0.15, 0.2) is 18.5 Å². The molecule has 1 aliphatic heterocycles. The van der Waals surface area contributed by atoms with Crippen LogP contribution >= 0.6 is 0 Å². The summed E-state index contributed by atoms with van der Waals surface area (Å²) in [4.78, 5) is 6.62. The van der Waals surface area contributed by atoms with E-state index in [4.69, 9.17) is 5.73 Å². The standard InChI is InChI=1S/C13H21N3/c1-11-10-15-7-3-13(11)16-8-4-12(2-6-14)5-9-16/h3,7,10,12H,2,4-6,8-9,14H2,1H3. The molecule has 1 fully saturated rings. The van der Waals surface area contributed by atoms with Crippen LogP contribution in [0.25, 0.3) is 0 Å². The fraction of sp³-hybridized carbons (Fsp3) is 0.615. The minimum absolute atomic E-state index is 0.832. The van der Waals surface area contributed by atoms with Crippen molar-refractivity contribution in [1.29, 1.82) is 0 Å². The number of hydrogen-bond donors (Lipinski definition) is 1. The van der Waals surface area contributed by atoms with E-state index in [0.717, 1.165) is 25.6 Å². The highest BCUT2D eigenvalue weighted by Gasteiger charge is 2.19. The zero-order valence-electron chi connectivity index (χ0n) is 10.0. The highest BCUT2D eigenvalue weighted by atomic mass is 15.1. The van der Waals surface area contributed by atoms with Gasteiger partial charge in [-0.05, 0) is 50.3 Å². The van der Waals surface area contributed by atoms with Gasteiger partial charge in [-0.15, -0.1) is 0 Å². The predicted molar refractivity (Wildman–Crippen MR) is 67.6 cm³/mol. The van der Waals surface area contributed by atoms with Gasteiger partial charge in [-0.25, -0.2) is 0 Å². The normalized spacial score (nSPS) is 17.8. The maximum Gasteiger partial charge on any atom is 0.0426 e. The lowest BCUT2D eigenvalue weighted by Gasteiger charge is -2.34. The molecule has 1 saturated heterocycles. The molecule has 0 spiro atoms. The van der Waals surface area contributed by atoms with Crippen LogP contribution in [-0.4, -0.2) is 24.6 Å². The van der Waals surface area contributed by atoms with Gasteiger partial charge < -0.3 is 10.6 Å². The van der Waals surface area contributed by atoms with Crippen molar-refractivity contribution in [1.82, 2.24) is 4.98 Å². The summed E-state index contributed by atoms with van der Waals surface area (Å²) < 4.78 is 0. The summed E-state index contributed by atoms with van der Waals surface area (Å²) in [7, 11) is 0.